The summed E-state index contributed by atoms with van der Waals surface area (Å²) >= 11 is 1.43. The normalized spacial score (nSPS) is 19.1. The highest BCUT2D eigenvalue weighted by Gasteiger charge is 2.29. The zero-order chi connectivity index (χ0) is 23.9. The van der Waals surface area contributed by atoms with Crippen LogP contribution in [-0.2, 0) is 14.3 Å². The van der Waals surface area contributed by atoms with Crippen LogP contribution in [0.15, 0.2) is 48.5 Å². The van der Waals surface area contributed by atoms with Crippen molar-refractivity contribution in [1.82, 2.24) is 10.6 Å². The molecule has 0 spiro atoms. The lowest BCUT2D eigenvalue weighted by atomic mass is 9.86. The van der Waals surface area contributed by atoms with Crippen molar-refractivity contribution >= 4 is 29.7 Å². The summed E-state index contributed by atoms with van der Waals surface area (Å²) in [5, 5.41) is 14.8. The fourth-order valence-electron chi connectivity index (χ4n) is 4.85. The number of fused-ring (bicyclic) bond motifs is 3. The van der Waals surface area contributed by atoms with Crippen molar-refractivity contribution in [2.45, 2.75) is 37.6 Å². The number of ether oxygens (including phenoxy) is 1. The molecule has 4 rings (SSSR count). The molecule has 0 bridgehead atoms. The molecule has 0 aromatic heterocycles. The Kier molecular flexibility index (Phi) is 8.11. The van der Waals surface area contributed by atoms with Gasteiger partial charge in [0, 0.05) is 24.3 Å². The average molecular weight is 483 g/mol. The van der Waals surface area contributed by atoms with Crippen LogP contribution in [0.5, 0.6) is 0 Å². The first-order valence-corrected chi connectivity index (χ1v) is 12.9. The van der Waals surface area contributed by atoms with E-state index in [1.54, 1.807) is 0 Å². The summed E-state index contributed by atoms with van der Waals surface area (Å²) in [6.07, 6.45) is 2.35. The first kappa shape index (κ1) is 24.1. The van der Waals surface area contributed by atoms with Crippen LogP contribution >= 0.6 is 11.8 Å². The molecule has 2 aromatic carbocycles. The molecular weight excluding hydrogens is 452 g/mol. The molecule has 7 nitrogen and oxygen atoms in total. The minimum atomic E-state index is -0.785. The lowest BCUT2D eigenvalue weighted by Crippen LogP contribution is -2.40. The summed E-state index contributed by atoms with van der Waals surface area (Å²) < 4.78 is 5.51. The monoisotopic (exact) mass is 482 g/mol. The van der Waals surface area contributed by atoms with E-state index in [2.05, 4.69) is 34.9 Å². The predicted molar refractivity (Wildman–Crippen MR) is 132 cm³/mol. The van der Waals surface area contributed by atoms with Crippen molar-refractivity contribution < 1.29 is 24.2 Å². The van der Waals surface area contributed by atoms with Gasteiger partial charge in [0.1, 0.15) is 6.61 Å². The maximum atomic E-state index is 12.2. The molecule has 0 heterocycles. The Morgan fingerprint density at radius 3 is 2.35 bits per heavy atom. The van der Waals surface area contributed by atoms with Gasteiger partial charge in [0.05, 0.1) is 11.7 Å². The number of alkyl carbamates (subject to hydrolysis) is 1. The lowest BCUT2D eigenvalue weighted by molar-refractivity contribution is -0.143. The number of hydrogen-bond donors (Lipinski definition) is 3. The third-order valence-corrected chi connectivity index (χ3v) is 7.44. The predicted octanol–water partition coefficient (Wildman–Crippen LogP) is 4.02. The number of aliphatic carboxylic acids is 1. The standard InChI is InChI=1S/C26H30N2O5S/c29-24(28-18-7-5-6-17(14-18)25(30)31)16-34-13-12-27-26(32)33-15-23-21-10-3-1-8-19(21)20-9-2-4-11-22(20)23/h1-4,8-11,17-18,23H,5-7,12-16H2,(H,27,32)(H,28,29)(H,30,31)/t17-,18-/m1/s1. The van der Waals surface area contributed by atoms with Gasteiger partial charge in [-0.05, 0) is 41.5 Å². The fraction of sp³-hybridized carbons (Fsp3) is 0.423. The van der Waals surface area contributed by atoms with Crippen molar-refractivity contribution in [3.63, 3.8) is 0 Å². The lowest BCUT2D eigenvalue weighted by Gasteiger charge is -2.27. The van der Waals surface area contributed by atoms with Crippen LogP contribution in [0, 0.1) is 5.92 Å². The van der Waals surface area contributed by atoms with Gasteiger partial charge in [0.15, 0.2) is 0 Å². The molecule has 0 radical (unpaired) electrons. The molecule has 2 amide bonds. The van der Waals surface area contributed by atoms with E-state index in [0.717, 1.165) is 12.8 Å². The minimum Gasteiger partial charge on any atom is -0.481 e. The number of amides is 2. The number of carboxylic acid groups (broad SMARTS) is 1. The Balaban J connectivity index is 1.13. The SMILES string of the molecule is O=C(CSCCNC(=O)OCC1c2ccccc2-c2ccccc21)N[C@@H]1CCC[C@@H](C(=O)O)C1. The molecule has 3 N–H and O–H groups in total. The zero-order valence-electron chi connectivity index (χ0n) is 19.0. The quantitative estimate of drug-likeness (QED) is 0.467. The molecular formula is C26H30N2O5S. The first-order chi connectivity index (χ1) is 16.5. The second kappa shape index (κ2) is 11.4. The summed E-state index contributed by atoms with van der Waals surface area (Å²) in [7, 11) is 0. The zero-order valence-corrected chi connectivity index (χ0v) is 19.8. The number of hydrogen-bond acceptors (Lipinski definition) is 5. The van der Waals surface area contributed by atoms with Crippen molar-refractivity contribution in [2.75, 3.05) is 24.7 Å². The van der Waals surface area contributed by atoms with Crippen LogP contribution in [0.1, 0.15) is 42.7 Å². The van der Waals surface area contributed by atoms with E-state index in [1.807, 2.05) is 24.3 Å². The van der Waals surface area contributed by atoms with Crippen molar-refractivity contribution in [3.8, 4) is 11.1 Å². The van der Waals surface area contributed by atoms with Crippen molar-refractivity contribution in [1.29, 1.82) is 0 Å². The molecule has 8 heteroatoms. The summed E-state index contributed by atoms with van der Waals surface area (Å²) in [6.45, 7) is 0.674. The van der Waals surface area contributed by atoms with Gasteiger partial charge in [-0.1, -0.05) is 55.0 Å². The molecule has 34 heavy (non-hydrogen) atoms. The van der Waals surface area contributed by atoms with Gasteiger partial charge >= 0.3 is 12.1 Å². The third kappa shape index (κ3) is 5.91. The average Bonchev–Trinajstić information content (AvgIpc) is 3.16. The number of rotatable bonds is 9. The number of carbonyl (C=O) groups excluding carboxylic acids is 2. The maximum Gasteiger partial charge on any atom is 0.407 e. The molecule has 0 aliphatic heterocycles. The molecule has 1 fully saturated rings. The smallest absolute Gasteiger partial charge is 0.407 e. The second-order valence-corrected chi connectivity index (χ2v) is 9.88. The van der Waals surface area contributed by atoms with E-state index in [0.29, 0.717) is 25.1 Å². The van der Waals surface area contributed by atoms with Crippen LogP contribution < -0.4 is 10.6 Å². The fourth-order valence-corrected chi connectivity index (χ4v) is 5.51. The Labute approximate surface area is 203 Å². The van der Waals surface area contributed by atoms with Gasteiger partial charge in [0.2, 0.25) is 5.91 Å². The molecule has 2 aliphatic carbocycles. The van der Waals surface area contributed by atoms with Gasteiger partial charge in [-0.3, -0.25) is 9.59 Å². The Bertz CT molecular complexity index is 998. The summed E-state index contributed by atoms with van der Waals surface area (Å²) in [4.78, 5) is 35.5. The van der Waals surface area contributed by atoms with Gasteiger partial charge in [-0.25, -0.2) is 4.79 Å². The van der Waals surface area contributed by atoms with E-state index in [4.69, 9.17) is 9.84 Å². The highest BCUT2D eigenvalue weighted by atomic mass is 32.2. The van der Waals surface area contributed by atoms with E-state index in [1.165, 1.54) is 34.0 Å². The molecule has 2 aliphatic rings. The molecule has 0 saturated heterocycles. The molecule has 0 unspecified atom stereocenters. The van der Waals surface area contributed by atoms with Crippen LogP contribution in [0.25, 0.3) is 11.1 Å². The summed E-state index contributed by atoms with van der Waals surface area (Å²) in [5.41, 5.74) is 4.72. The number of carbonyl (C=O) groups is 3. The molecule has 180 valence electrons. The largest absolute Gasteiger partial charge is 0.481 e. The number of carboxylic acids is 1. The third-order valence-electron chi connectivity index (χ3n) is 6.48. The van der Waals surface area contributed by atoms with Gasteiger partial charge in [-0.2, -0.15) is 11.8 Å². The number of thioether (sulfide) groups is 1. The summed E-state index contributed by atoms with van der Waals surface area (Å²) in [5.74, 6) is -0.361. The highest BCUT2D eigenvalue weighted by Crippen LogP contribution is 2.44. The Morgan fingerprint density at radius 2 is 1.68 bits per heavy atom. The molecule has 1 saturated carbocycles. The van der Waals surface area contributed by atoms with Crippen molar-refractivity contribution in [2.24, 2.45) is 5.92 Å². The number of benzene rings is 2. The van der Waals surface area contributed by atoms with E-state index < -0.39 is 12.1 Å². The van der Waals surface area contributed by atoms with Crippen molar-refractivity contribution in [3.05, 3.63) is 59.7 Å². The van der Waals surface area contributed by atoms with Gasteiger partial charge in [-0.15, -0.1) is 0 Å². The Morgan fingerprint density at radius 1 is 1.00 bits per heavy atom. The topological polar surface area (TPSA) is 105 Å². The van der Waals surface area contributed by atoms with Gasteiger partial charge in [0.25, 0.3) is 0 Å². The van der Waals surface area contributed by atoms with Crippen LogP contribution in [0.2, 0.25) is 0 Å². The highest BCUT2D eigenvalue weighted by molar-refractivity contribution is 7.99. The number of nitrogens with one attached hydrogen (secondary N) is 2. The second-order valence-electron chi connectivity index (χ2n) is 8.77. The molecule has 2 aromatic rings. The van der Waals surface area contributed by atoms with Crippen LogP contribution in [-0.4, -0.2) is 53.8 Å². The first-order valence-electron chi connectivity index (χ1n) is 11.7. The molecule has 2 atom stereocenters. The van der Waals surface area contributed by atoms with E-state index in [9.17, 15) is 14.4 Å². The van der Waals surface area contributed by atoms with E-state index >= 15 is 0 Å². The maximum absolute atomic E-state index is 12.2. The van der Waals surface area contributed by atoms with E-state index in [-0.39, 0.29) is 36.1 Å². The van der Waals surface area contributed by atoms with Crippen LogP contribution in [0.4, 0.5) is 4.79 Å². The van der Waals surface area contributed by atoms with Gasteiger partial charge < -0.3 is 20.5 Å². The Hall–Kier alpha value is -3.00. The van der Waals surface area contributed by atoms with Crippen LogP contribution in [0.3, 0.4) is 0 Å². The minimum absolute atomic E-state index is 0.0248. The summed E-state index contributed by atoms with van der Waals surface area (Å²) in [6, 6.07) is 16.3.